The van der Waals surface area contributed by atoms with E-state index < -0.39 is 0 Å². The molecule has 0 saturated carbocycles. The smallest absolute Gasteiger partial charge is 0.331 e. The first-order chi connectivity index (χ1) is 11.5. The minimum Gasteiger partial charge on any atom is -0.373 e. The number of benzene rings is 1. The highest BCUT2D eigenvalue weighted by molar-refractivity contribution is 9.10. The van der Waals surface area contributed by atoms with Crippen molar-refractivity contribution in [1.29, 1.82) is 0 Å². The summed E-state index contributed by atoms with van der Waals surface area (Å²) in [7, 11) is 3.21. The van der Waals surface area contributed by atoms with E-state index in [2.05, 4.69) is 20.5 Å². The largest absolute Gasteiger partial charge is 0.373 e. The van der Waals surface area contributed by atoms with Gasteiger partial charge in [0.2, 0.25) is 0 Å². The van der Waals surface area contributed by atoms with Crippen LogP contribution in [0.5, 0.6) is 0 Å². The topological polar surface area (TPSA) is 58.2 Å². The predicted octanol–water partition coefficient (Wildman–Crippen LogP) is 2.00. The third-order valence-electron chi connectivity index (χ3n) is 4.57. The van der Waals surface area contributed by atoms with Gasteiger partial charge in [0, 0.05) is 30.7 Å². The number of nitrogens with zero attached hydrogens (tertiary/aromatic N) is 3. The Balaban J connectivity index is 2.25. The van der Waals surface area contributed by atoms with Gasteiger partial charge in [0.25, 0.3) is 5.56 Å². The maximum Gasteiger partial charge on any atom is 0.331 e. The van der Waals surface area contributed by atoms with Crippen LogP contribution in [0.1, 0.15) is 5.69 Å². The summed E-state index contributed by atoms with van der Waals surface area (Å²) in [6.07, 6.45) is 0. The first-order valence-corrected chi connectivity index (χ1v) is 8.44. The fourth-order valence-electron chi connectivity index (χ4n) is 3.45. The monoisotopic (exact) mass is 389 g/mol. The first kappa shape index (κ1) is 15.4. The van der Waals surface area contributed by atoms with Gasteiger partial charge in [-0.25, -0.2) is 4.79 Å². The zero-order valence-corrected chi connectivity index (χ0v) is 15.0. The van der Waals surface area contributed by atoms with Crippen LogP contribution in [0, 0.1) is 0 Å². The Morgan fingerprint density at radius 1 is 1.17 bits per heavy atom. The summed E-state index contributed by atoms with van der Waals surface area (Å²) in [5.41, 5.74) is 2.73. The van der Waals surface area contributed by atoms with Gasteiger partial charge in [-0.15, -0.1) is 0 Å². The summed E-state index contributed by atoms with van der Waals surface area (Å²) in [6, 6.07) is 7.86. The Morgan fingerprint density at radius 3 is 2.71 bits per heavy atom. The lowest BCUT2D eigenvalue weighted by atomic mass is 10.1. The number of aryl methyl sites for hydroxylation is 1. The Hall–Kier alpha value is -2.12. The molecule has 6 nitrogen and oxygen atoms in total. The molecule has 2 aromatic heterocycles. The van der Waals surface area contributed by atoms with Crippen LogP contribution in [0.25, 0.3) is 22.2 Å². The lowest BCUT2D eigenvalue weighted by Crippen LogP contribution is -2.36. The Morgan fingerprint density at radius 2 is 1.96 bits per heavy atom. The molecule has 0 aliphatic carbocycles. The molecular formula is C17H16BrN3O3. The van der Waals surface area contributed by atoms with E-state index >= 15 is 0 Å². The first-order valence-electron chi connectivity index (χ1n) is 7.65. The highest BCUT2D eigenvalue weighted by Gasteiger charge is 2.26. The van der Waals surface area contributed by atoms with Gasteiger partial charge in [-0.05, 0) is 12.1 Å². The zero-order chi connectivity index (χ0) is 17.0. The van der Waals surface area contributed by atoms with Crippen LogP contribution < -0.4 is 11.2 Å². The van der Waals surface area contributed by atoms with E-state index in [0.717, 1.165) is 26.0 Å². The van der Waals surface area contributed by atoms with Crippen LogP contribution in [-0.4, -0.2) is 20.3 Å². The molecule has 24 heavy (non-hydrogen) atoms. The minimum atomic E-state index is -0.327. The molecule has 0 fully saturated rings. The van der Waals surface area contributed by atoms with E-state index in [0.29, 0.717) is 30.7 Å². The fraction of sp³-hybridized carbons (Fsp3) is 0.294. The summed E-state index contributed by atoms with van der Waals surface area (Å²) < 4.78 is 11.3. The predicted molar refractivity (Wildman–Crippen MR) is 95.2 cm³/mol. The molecule has 0 atom stereocenters. The van der Waals surface area contributed by atoms with E-state index in [9.17, 15) is 9.59 Å². The van der Waals surface area contributed by atoms with Crippen molar-refractivity contribution in [3.8, 4) is 11.3 Å². The van der Waals surface area contributed by atoms with Crippen molar-refractivity contribution < 1.29 is 4.74 Å². The Kier molecular flexibility index (Phi) is 3.51. The summed E-state index contributed by atoms with van der Waals surface area (Å²) in [5.74, 6) is 0. The molecule has 0 saturated heterocycles. The molecule has 0 spiro atoms. The van der Waals surface area contributed by atoms with E-state index in [4.69, 9.17) is 4.74 Å². The fourth-order valence-corrected chi connectivity index (χ4v) is 3.85. The number of hydrogen-bond donors (Lipinski definition) is 0. The second kappa shape index (κ2) is 5.46. The molecule has 0 unspecified atom stereocenters. The Labute approximate surface area is 146 Å². The van der Waals surface area contributed by atoms with E-state index in [-0.39, 0.29) is 11.2 Å². The summed E-state index contributed by atoms with van der Waals surface area (Å²) in [6.45, 7) is 1.64. The van der Waals surface area contributed by atoms with E-state index in [1.165, 1.54) is 7.05 Å². The normalized spacial score (nSPS) is 14.1. The number of halogens is 1. The number of aromatic nitrogens is 3. The van der Waals surface area contributed by atoms with Crippen molar-refractivity contribution >= 4 is 26.8 Å². The molecule has 1 aliphatic heterocycles. The molecule has 4 rings (SSSR count). The third kappa shape index (κ3) is 2.04. The van der Waals surface area contributed by atoms with Crippen LogP contribution in [0.15, 0.2) is 38.3 Å². The van der Waals surface area contributed by atoms with Gasteiger partial charge in [0.05, 0.1) is 35.5 Å². The molecule has 124 valence electrons. The molecule has 1 aromatic carbocycles. The van der Waals surface area contributed by atoms with Gasteiger partial charge in [-0.2, -0.15) is 0 Å². The standard InChI is InChI=1S/C17H16BrN3O3/c1-19-15-12-9-24-7-6-21(12)14(10-4-3-5-11(18)8-10)13(15)16(22)20(2)17(19)23/h3-5,8H,6-7,9H2,1-2H3. The van der Waals surface area contributed by atoms with Crippen LogP contribution in [0.3, 0.4) is 0 Å². The van der Waals surface area contributed by atoms with Crippen LogP contribution in [0.2, 0.25) is 0 Å². The van der Waals surface area contributed by atoms with Crippen molar-refractivity contribution in [3.05, 3.63) is 55.3 Å². The molecule has 7 heteroatoms. The second-order valence-corrected chi connectivity index (χ2v) is 6.85. The van der Waals surface area contributed by atoms with Crippen molar-refractivity contribution in [1.82, 2.24) is 13.7 Å². The van der Waals surface area contributed by atoms with E-state index in [1.807, 2.05) is 24.3 Å². The average molecular weight is 390 g/mol. The maximum atomic E-state index is 12.9. The molecule has 0 amide bonds. The maximum absolute atomic E-state index is 12.9. The van der Waals surface area contributed by atoms with Crippen molar-refractivity contribution in [2.45, 2.75) is 13.2 Å². The zero-order valence-electron chi connectivity index (χ0n) is 13.4. The minimum absolute atomic E-state index is 0.273. The SMILES string of the molecule is Cn1c(=O)c2c(-c3cccc(Br)c3)n3c(c2n(C)c1=O)COCC3. The van der Waals surface area contributed by atoms with Gasteiger partial charge in [0.15, 0.2) is 0 Å². The van der Waals surface area contributed by atoms with Crippen molar-refractivity contribution in [2.24, 2.45) is 14.1 Å². The highest BCUT2D eigenvalue weighted by atomic mass is 79.9. The Bertz CT molecular complexity index is 1090. The quantitative estimate of drug-likeness (QED) is 0.639. The molecule has 0 radical (unpaired) electrons. The molecule has 3 heterocycles. The highest BCUT2D eigenvalue weighted by Crippen LogP contribution is 2.34. The number of rotatable bonds is 1. The number of fused-ring (bicyclic) bond motifs is 3. The van der Waals surface area contributed by atoms with Gasteiger partial charge in [-0.3, -0.25) is 13.9 Å². The third-order valence-corrected chi connectivity index (χ3v) is 5.06. The second-order valence-electron chi connectivity index (χ2n) is 5.94. The van der Waals surface area contributed by atoms with Crippen molar-refractivity contribution in [3.63, 3.8) is 0 Å². The van der Waals surface area contributed by atoms with Crippen LogP contribution in [0.4, 0.5) is 0 Å². The molecule has 1 aliphatic rings. The van der Waals surface area contributed by atoms with E-state index in [1.54, 1.807) is 11.6 Å². The summed E-state index contributed by atoms with van der Waals surface area (Å²) in [4.78, 5) is 25.2. The van der Waals surface area contributed by atoms with Gasteiger partial charge >= 0.3 is 5.69 Å². The molecule has 0 bridgehead atoms. The lowest BCUT2D eigenvalue weighted by Gasteiger charge is -2.19. The molecule has 3 aromatic rings. The lowest BCUT2D eigenvalue weighted by molar-refractivity contribution is 0.0864. The number of hydrogen-bond acceptors (Lipinski definition) is 3. The van der Waals surface area contributed by atoms with Gasteiger partial charge in [-0.1, -0.05) is 28.1 Å². The number of ether oxygens (including phenoxy) is 1. The van der Waals surface area contributed by atoms with Gasteiger partial charge < -0.3 is 9.30 Å². The molecule has 0 N–H and O–H groups in total. The average Bonchev–Trinajstić information content (AvgIpc) is 2.93. The van der Waals surface area contributed by atoms with Crippen LogP contribution in [-0.2, 0) is 32.0 Å². The van der Waals surface area contributed by atoms with Crippen molar-refractivity contribution in [2.75, 3.05) is 6.61 Å². The summed E-state index contributed by atoms with van der Waals surface area (Å²) in [5, 5.41) is 0.568. The summed E-state index contributed by atoms with van der Waals surface area (Å²) >= 11 is 3.49. The van der Waals surface area contributed by atoms with Crippen LogP contribution >= 0.6 is 15.9 Å². The molecular weight excluding hydrogens is 374 g/mol. The van der Waals surface area contributed by atoms with Gasteiger partial charge in [0.1, 0.15) is 0 Å².